The van der Waals surface area contributed by atoms with Crippen molar-refractivity contribution in [2.45, 2.75) is 96.1 Å². The van der Waals surface area contributed by atoms with E-state index in [9.17, 15) is 18.5 Å². The lowest BCUT2D eigenvalue weighted by Crippen LogP contribution is -2.47. The van der Waals surface area contributed by atoms with E-state index in [1.807, 2.05) is 12.1 Å². The Hall–Kier alpha value is -1.31. The Bertz CT molecular complexity index is 963. The number of rotatable bonds is 10. The fraction of sp³-hybridized carbons (Fsp3) is 0.759. The van der Waals surface area contributed by atoms with Crippen molar-refractivity contribution in [3.63, 3.8) is 0 Å². The van der Waals surface area contributed by atoms with Crippen molar-refractivity contribution in [3.05, 3.63) is 29.3 Å². The third-order valence-corrected chi connectivity index (χ3v) is 10.8. The standard InChI is InChI=1S/C29H44FNO4S/c1-28(2,31)27(33)35-21-8-9-22-20(18-21)17-19(7-6-16-36(34)15-5-4-14-30)26-23(22)12-13-29(3)24(26)10-11-25(29)32/h8-9,18-19,23-26,32H,4-7,10-17,31H2,1-3H3/t19-,23-,24+,25+,26-,29+,36?/m1/s1. The number of carbonyl (C=O) groups excluding carboxylic acids is 1. The van der Waals surface area contributed by atoms with Gasteiger partial charge >= 0.3 is 5.97 Å². The highest BCUT2D eigenvalue weighted by Crippen LogP contribution is 2.62. The van der Waals surface area contributed by atoms with Gasteiger partial charge in [-0.3, -0.25) is 8.60 Å². The molecule has 5 nitrogen and oxygen atoms in total. The zero-order valence-electron chi connectivity index (χ0n) is 22.1. The van der Waals surface area contributed by atoms with E-state index in [0.717, 1.165) is 44.9 Å². The van der Waals surface area contributed by atoms with Gasteiger partial charge < -0.3 is 15.6 Å². The lowest BCUT2D eigenvalue weighted by atomic mass is 9.52. The Morgan fingerprint density at radius 3 is 2.69 bits per heavy atom. The average Bonchev–Trinajstić information content (AvgIpc) is 3.12. The number of aliphatic hydroxyl groups excluding tert-OH is 1. The van der Waals surface area contributed by atoms with Gasteiger partial charge in [-0.15, -0.1) is 0 Å². The minimum absolute atomic E-state index is 0.0196. The van der Waals surface area contributed by atoms with Gasteiger partial charge in [-0.05, 0) is 124 Å². The first-order valence-electron chi connectivity index (χ1n) is 13.8. The number of unbranched alkanes of at least 4 members (excludes halogenated alkanes) is 1. The Balaban J connectivity index is 1.54. The fourth-order valence-electron chi connectivity index (χ4n) is 7.29. The van der Waals surface area contributed by atoms with Crippen LogP contribution < -0.4 is 10.5 Å². The van der Waals surface area contributed by atoms with Crippen molar-refractivity contribution in [2.24, 2.45) is 28.9 Å². The van der Waals surface area contributed by atoms with Gasteiger partial charge in [0, 0.05) is 22.3 Å². The summed E-state index contributed by atoms with van der Waals surface area (Å²) in [5.41, 5.74) is 7.46. The Morgan fingerprint density at radius 1 is 1.22 bits per heavy atom. The van der Waals surface area contributed by atoms with Crippen LogP contribution in [0.2, 0.25) is 0 Å². The molecule has 1 aromatic carbocycles. The van der Waals surface area contributed by atoms with E-state index >= 15 is 0 Å². The highest BCUT2D eigenvalue weighted by molar-refractivity contribution is 7.84. The van der Waals surface area contributed by atoms with E-state index in [-0.39, 0.29) is 18.2 Å². The van der Waals surface area contributed by atoms with E-state index in [4.69, 9.17) is 10.5 Å². The number of benzene rings is 1. The second kappa shape index (κ2) is 11.2. The van der Waals surface area contributed by atoms with Gasteiger partial charge in [0.2, 0.25) is 0 Å². The second-order valence-corrected chi connectivity index (χ2v) is 13.9. The Morgan fingerprint density at radius 2 is 1.97 bits per heavy atom. The minimum Gasteiger partial charge on any atom is -0.425 e. The van der Waals surface area contributed by atoms with Gasteiger partial charge in [-0.2, -0.15) is 0 Å². The zero-order chi connectivity index (χ0) is 26.1. The predicted octanol–water partition coefficient (Wildman–Crippen LogP) is 5.05. The van der Waals surface area contributed by atoms with Gasteiger partial charge in [-0.1, -0.05) is 13.0 Å². The number of esters is 1. The van der Waals surface area contributed by atoms with Gasteiger partial charge in [0.15, 0.2) is 0 Å². The number of nitrogens with two attached hydrogens (primary N) is 1. The quantitative estimate of drug-likeness (QED) is 0.255. The normalized spacial score (nSPS) is 32.3. The van der Waals surface area contributed by atoms with Crippen molar-refractivity contribution >= 4 is 16.8 Å². The molecule has 3 aliphatic carbocycles. The molecule has 1 unspecified atom stereocenters. The van der Waals surface area contributed by atoms with Crippen LogP contribution in [0.25, 0.3) is 0 Å². The van der Waals surface area contributed by atoms with Crippen LogP contribution in [-0.2, 0) is 22.0 Å². The number of ether oxygens (including phenoxy) is 1. The van der Waals surface area contributed by atoms with Gasteiger partial charge in [0.25, 0.3) is 0 Å². The highest BCUT2D eigenvalue weighted by atomic mass is 32.2. The molecule has 36 heavy (non-hydrogen) atoms. The summed E-state index contributed by atoms with van der Waals surface area (Å²) < 4.78 is 30.4. The number of hydrogen-bond acceptors (Lipinski definition) is 5. The van der Waals surface area contributed by atoms with Gasteiger partial charge in [0.05, 0.1) is 12.8 Å². The van der Waals surface area contributed by atoms with E-state index in [1.165, 1.54) is 11.1 Å². The molecule has 0 aliphatic heterocycles. The molecule has 0 heterocycles. The van der Waals surface area contributed by atoms with E-state index < -0.39 is 22.3 Å². The lowest BCUT2D eigenvalue weighted by molar-refractivity contribution is -0.139. The molecular weight excluding hydrogens is 477 g/mol. The molecule has 0 aromatic heterocycles. The van der Waals surface area contributed by atoms with E-state index in [0.29, 0.717) is 53.8 Å². The maximum atomic E-state index is 12.4. The maximum Gasteiger partial charge on any atom is 0.330 e. The fourth-order valence-corrected chi connectivity index (χ4v) is 8.51. The number of halogens is 1. The molecule has 4 rings (SSSR count). The molecular formula is C29H44FNO4S. The molecule has 3 N–H and O–H groups in total. The predicted molar refractivity (Wildman–Crippen MR) is 142 cm³/mol. The van der Waals surface area contributed by atoms with Crippen LogP contribution in [0.15, 0.2) is 18.2 Å². The van der Waals surface area contributed by atoms with Crippen molar-refractivity contribution in [3.8, 4) is 5.75 Å². The van der Waals surface area contributed by atoms with Crippen LogP contribution >= 0.6 is 0 Å². The van der Waals surface area contributed by atoms with Crippen LogP contribution in [0.5, 0.6) is 5.75 Å². The zero-order valence-corrected chi connectivity index (χ0v) is 23.0. The number of carbonyl (C=O) groups is 1. The first kappa shape index (κ1) is 27.7. The minimum atomic E-state index is -1.06. The van der Waals surface area contributed by atoms with Crippen LogP contribution in [0.4, 0.5) is 4.39 Å². The van der Waals surface area contributed by atoms with E-state index in [1.54, 1.807) is 13.8 Å². The molecule has 202 valence electrons. The molecule has 0 bridgehead atoms. The summed E-state index contributed by atoms with van der Waals surface area (Å²) in [4.78, 5) is 12.4. The molecule has 7 heteroatoms. The van der Waals surface area contributed by atoms with Crippen molar-refractivity contribution < 1.29 is 23.2 Å². The number of aliphatic hydroxyl groups is 1. The molecule has 0 amide bonds. The topological polar surface area (TPSA) is 89.6 Å². The largest absolute Gasteiger partial charge is 0.425 e. The van der Waals surface area contributed by atoms with Crippen molar-refractivity contribution in [1.29, 1.82) is 0 Å². The summed E-state index contributed by atoms with van der Waals surface area (Å²) in [6, 6.07) is 6.07. The number of alkyl halides is 1. The molecule has 1 aromatic rings. The van der Waals surface area contributed by atoms with Crippen LogP contribution in [0.1, 0.15) is 89.2 Å². The number of fused-ring (bicyclic) bond motifs is 5. The smallest absolute Gasteiger partial charge is 0.330 e. The number of hydrogen-bond donors (Lipinski definition) is 2. The van der Waals surface area contributed by atoms with Gasteiger partial charge in [-0.25, -0.2) is 4.79 Å². The summed E-state index contributed by atoms with van der Waals surface area (Å²) in [6.45, 7) is 5.24. The maximum absolute atomic E-state index is 12.4. The summed E-state index contributed by atoms with van der Waals surface area (Å²) in [7, 11) is -0.895. The highest BCUT2D eigenvalue weighted by Gasteiger charge is 2.56. The summed E-state index contributed by atoms with van der Waals surface area (Å²) in [5, 5.41) is 10.9. The monoisotopic (exact) mass is 521 g/mol. The summed E-state index contributed by atoms with van der Waals surface area (Å²) >= 11 is 0. The molecule has 2 saturated carbocycles. The summed E-state index contributed by atoms with van der Waals surface area (Å²) in [5.74, 6) is 3.23. The van der Waals surface area contributed by atoms with Crippen molar-refractivity contribution in [2.75, 3.05) is 18.2 Å². The summed E-state index contributed by atoms with van der Waals surface area (Å²) in [6.07, 6.45) is 7.79. The molecule has 0 spiro atoms. The second-order valence-electron chi connectivity index (χ2n) is 12.3. The van der Waals surface area contributed by atoms with Crippen LogP contribution in [0, 0.1) is 23.2 Å². The SMILES string of the molecule is CC(C)(N)C(=O)Oc1ccc2c(c1)C[C@@H](CCCS(=O)CCCCF)[C@@H]1[C@@H]2CC[C@]2(C)[C@@H](O)CC[C@@H]12. The third-order valence-electron chi connectivity index (χ3n) is 9.26. The average molecular weight is 522 g/mol. The molecule has 3 aliphatic rings. The molecule has 0 saturated heterocycles. The first-order chi connectivity index (χ1) is 17.0. The lowest BCUT2D eigenvalue weighted by Gasteiger charge is -2.53. The van der Waals surface area contributed by atoms with Crippen LogP contribution in [-0.4, -0.2) is 45.1 Å². The Labute approximate surface area is 218 Å². The van der Waals surface area contributed by atoms with Gasteiger partial charge in [0.1, 0.15) is 11.3 Å². The third kappa shape index (κ3) is 5.73. The molecule has 0 radical (unpaired) electrons. The van der Waals surface area contributed by atoms with Crippen LogP contribution in [0.3, 0.4) is 0 Å². The first-order valence-corrected chi connectivity index (χ1v) is 15.3. The Kier molecular flexibility index (Phi) is 8.63. The molecule has 2 fully saturated rings. The molecule has 7 atom stereocenters. The van der Waals surface area contributed by atoms with E-state index in [2.05, 4.69) is 13.0 Å². The van der Waals surface area contributed by atoms with Crippen molar-refractivity contribution in [1.82, 2.24) is 0 Å².